The SMILES string of the molecule is O=C(O)c1c(F)cccc1Sc1cccc(Br)c1. The van der Waals surface area contributed by atoms with Crippen molar-refractivity contribution in [2.45, 2.75) is 9.79 Å². The van der Waals surface area contributed by atoms with E-state index in [0.29, 0.717) is 4.90 Å². The minimum absolute atomic E-state index is 0.289. The van der Waals surface area contributed by atoms with E-state index in [1.807, 2.05) is 24.3 Å². The molecule has 0 atom stereocenters. The van der Waals surface area contributed by atoms with Crippen molar-refractivity contribution in [3.8, 4) is 0 Å². The van der Waals surface area contributed by atoms with E-state index in [1.54, 1.807) is 6.07 Å². The Kier molecular flexibility index (Phi) is 4.04. The van der Waals surface area contributed by atoms with Gasteiger partial charge < -0.3 is 5.11 Å². The number of carbonyl (C=O) groups is 1. The Morgan fingerprint density at radius 1 is 1.22 bits per heavy atom. The molecule has 2 rings (SSSR count). The predicted octanol–water partition coefficient (Wildman–Crippen LogP) is 4.44. The Balaban J connectivity index is 2.40. The molecule has 0 bridgehead atoms. The van der Waals surface area contributed by atoms with Crippen molar-refractivity contribution in [1.29, 1.82) is 0 Å². The first-order valence-electron chi connectivity index (χ1n) is 5.03. The average Bonchev–Trinajstić information content (AvgIpc) is 2.28. The molecule has 5 heteroatoms. The van der Waals surface area contributed by atoms with Crippen LogP contribution in [0.25, 0.3) is 0 Å². The first kappa shape index (κ1) is 13.1. The van der Waals surface area contributed by atoms with E-state index in [1.165, 1.54) is 17.8 Å². The topological polar surface area (TPSA) is 37.3 Å². The van der Waals surface area contributed by atoms with Gasteiger partial charge in [0.15, 0.2) is 0 Å². The van der Waals surface area contributed by atoms with Crippen LogP contribution < -0.4 is 0 Å². The fourth-order valence-electron chi connectivity index (χ4n) is 1.45. The molecule has 2 aromatic carbocycles. The largest absolute Gasteiger partial charge is 0.478 e. The van der Waals surface area contributed by atoms with Gasteiger partial charge in [-0.3, -0.25) is 0 Å². The van der Waals surface area contributed by atoms with Gasteiger partial charge in [0.25, 0.3) is 0 Å². The summed E-state index contributed by atoms with van der Waals surface area (Å²) < 4.78 is 14.4. The van der Waals surface area contributed by atoms with Gasteiger partial charge in [0, 0.05) is 14.3 Å². The van der Waals surface area contributed by atoms with Crippen LogP contribution in [0.15, 0.2) is 56.7 Å². The second-order valence-corrected chi connectivity index (χ2v) is 5.51. The minimum Gasteiger partial charge on any atom is -0.478 e. The van der Waals surface area contributed by atoms with Crippen LogP contribution in [0.2, 0.25) is 0 Å². The maximum absolute atomic E-state index is 13.5. The third kappa shape index (κ3) is 2.91. The summed E-state index contributed by atoms with van der Waals surface area (Å²) in [7, 11) is 0. The molecule has 0 spiro atoms. The summed E-state index contributed by atoms with van der Waals surface area (Å²) in [6.07, 6.45) is 0. The summed E-state index contributed by atoms with van der Waals surface area (Å²) in [5.41, 5.74) is -0.289. The van der Waals surface area contributed by atoms with E-state index < -0.39 is 11.8 Å². The van der Waals surface area contributed by atoms with E-state index in [9.17, 15) is 9.18 Å². The van der Waals surface area contributed by atoms with Gasteiger partial charge in [-0.2, -0.15) is 0 Å². The van der Waals surface area contributed by atoms with E-state index in [4.69, 9.17) is 5.11 Å². The van der Waals surface area contributed by atoms with Gasteiger partial charge in [-0.1, -0.05) is 39.8 Å². The molecule has 0 saturated heterocycles. The Hall–Kier alpha value is -1.33. The second kappa shape index (κ2) is 5.54. The predicted molar refractivity (Wildman–Crippen MR) is 71.6 cm³/mol. The zero-order valence-electron chi connectivity index (χ0n) is 9.06. The highest BCUT2D eigenvalue weighted by atomic mass is 79.9. The molecule has 1 N–H and O–H groups in total. The lowest BCUT2D eigenvalue weighted by molar-refractivity contribution is 0.0688. The number of rotatable bonds is 3. The Labute approximate surface area is 116 Å². The summed E-state index contributed by atoms with van der Waals surface area (Å²) in [5, 5.41) is 9.02. The van der Waals surface area contributed by atoms with Gasteiger partial charge in [-0.05, 0) is 30.3 Å². The van der Waals surface area contributed by atoms with E-state index in [2.05, 4.69) is 15.9 Å². The third-order valence-electron chi connectivity index (χ3n) is 2.21. The van der Waals surface area contributed by atoms with E-state index in [0.717, 1.165) is 15.4 Å². The number of hydrogen-bond donors (Lipinski definition) is 1. The van der Waals surface area contributed by atoms with E-state index >= 15 is 0 Å². The molecule has 0 aromatic heterocycles. The standard InChI is InChI=1S/C13H8BrFO2S/c14-8-3-1-4-9(7-8)18-11-6-2-5-10(15)12(11)13(16)17/h1-7H,(H,16,17). The van der Waals surface area contributed by atoms with Crippen molar-refractivity contribution >= 4 is 33.7 Å². The van der Waals surface area contributed by atoms with Crippen LogP contribution in [0.5, 0.6) is 0 Å². The molecule has 2 nitrogen and oxygen atoms in total. The van der Waals surface area contributed by atoms with E-state index in [-0.39, 0.29) is 5.56 Å². The fraction of sp³-hybridized carbons (Fsp3) is 0. The van der Waals surface area contributed by atoms with Gasteiger partial charge in [0.2, 0.25) is 0 Å². The normalized spacial score (nSPS) is 10.3. The molecule has 0 unspecified atom stereocenters. The molecular weight excluding hydrogens is 319 g/mol. The zero-order valence-corrected chi connectivity index (χ0v) is 11.5. The van der Waals surface area contributed by atoms with Crippen molar-refractivity contribution in [2.75, 3.05) is 0 Å². The van der Waals surface area contributed by atoms with Gasteiger partial charge in [-0.15, -0.1) is 0 Å². The summed E-state index contributed by atoms with van der Waals surface area (Å²) in [6, 6.07) is 11.6. The first-order chi connectivity index (χ1) is 8.58. The maximum atomic E-state index is 13.5. The van der Waals surface area contributed by atoms with Crippen molar-refractivity contribution in [3.05, 3.63) is 58.3 Å². The van der Waals surface area contributed by atoms with Crippen LogP contribution >= 0.6 is 27.7 Å². The van der Waals surface area contributed by atoms with Crippen molar-refractivity contribution in [2.24, 2.45) is 0 Å². The molecule has 2 aromatic rings. The molecule has 0 heterocycles. The van der Waals surface area contributed by atoms with Crippen molar-refractivity contribution < 1.29 is 14.3 Å². The van der Waals surface area contributed by atoms with Gasteiger partial charge in [0.1, 0.15) is 11.4 Å². The summed E-state index contributed by atoms with van der Waals surface area (Å²) in [4.78, 5) is 12.3. The van der Waals surface area contributed by atoms with Crippen LogP contribution in [0, 0.1) is 5.82 Å². The monoisotopic (exact) mass is 326 g/mol. The molecule has 92 valence electrons. The number of carboxylic acid groups (broad SMARTS) is 1. The zero-order chi connectivity index (χ0) is 13.1. The molecule has 0 aliphatic rings. The molecule has 0 saturated carbocycles. The van der Waals surface area contributed by atoms with Crippen LogP contribution in [0.3, 0.4) is 0 Å². The molecular formula is C13H8BrFO2S. The first-order valence-corrected chi connectivity index (χ1v) is 6.64. The highest BCUT2D eigenvalue weighted by molar-refractivity contribution is 9.10. The summed E-state index contributed by atoms with van der Waals surface area (Å²) >= 11 is 4.55. The molecule has 0 fully saturated rings. The molecule has 0 aliphatic carbocycles. The fourth-order valence-corrected chi connectivity index (χ4v) is 3.03. The number of carboxylic acids is 1. The lowest BCUT2D eigenvalue weighted by atomic mass is 10.2. The Morgan fingerprint density at radius 3 is 2.61 bits per heavy atom. The third-order valence-corrected chi connectivity index (χ3v) is 3.76. The van der Waals surface area contributed by atoms with Crippen LogP contribution in [0.4, 0.5) is 4.39 Å². The van der Waals surface area contributed by atoms with Crippen LogP contribution in [-0.4, -0.2) is 11.1 Å². The molecule has 0 aliphatic heterocycles. The molecule has 0 radical (unpaired) electrons. The Morgan fingerprint density at radius 2 is 1.94 bits per heavy atom. The Bertz CT molecular complexity index is 601. The smallest absolute Gasteiger partial charge is 0.339 e. The molecule has 0 amide bonds. The number of benzene rings is 2. The van der Waals surface area contributed by atoms with Crippen LogP contribution in [-0.2, 0) is 0 Å². The molecule has 18 heavy (non-hydrogen) atoms. The second-order valence-electron chi connectivity index (χ2n) is 3.48. The van der Waals surface area contributed by atoms with Crippen molar-refractivity contribution in [1.82, 2.24) is 0 Å². The highest BCUT2D eigenvalue weighted by Crippen LogP contribution is 2.32. The van der Waals surface area contributed by atoms with Gasteiger partial charge in [0.05, 0.1) is 0 Å². The summed E-state index contributed by atoms with van der Waals surface area (Å²) in [5.74, 6) is -1.98. The number of halogens is 2. The van der Waals surface area contributed by atoms with Crippen LogP contribution in [0.1, 0.15) is 10.4 Å². The quantitative estimate of drug-likeness (QED) is 0.906. The highest BCUT2D eigenvalue weighted by Gasteiger charge is 2.16. The minimum atomic E-state index is -1.26. The number of aromatic carboxylic acids is 1. The lowest BCUT2D eigenvalue weighted by Gasteiger charge is -2.06. The van der Waals surface area contributed by atoms with Gasteiger partial charge in [-0.25, -0.2) is 9.18 Å². The lowest BCUT2D eigenvalue weighted by Crippen LogP contribution is -2.02. The van der Waals surface area contributed by atoms with Crippen molar-refractivity contribution in [3.63, 3.8) is 0 Å². The average molecular weight is 327 g/mol. The maximum Gasteiger partial charge on any atom is 0.339 e. The van der Waals surface area contributed by atoms with Gasteiger partial charge >= 0.3 is 5.97 Å². The number of hydrogen-bond acceptors (Lipinski definition) is 2. The summed E-state index contributed by atoms with van der Waals surface area (Å²) in [6.45, 7) is 0.